The number of nitrogens with zero attached hydrogens (tertiary/aromatic N) is 3. The van der Waals surface area contributed by atoms with Gasteiger partial charge in [0.15, 0.2) is 5.82 Å². The lowest BCUT2D eigenvalue weighted by Crippen LogP contribution is -2.24. The van der Waals surface area contributed by atoms with Crippen molar-refractivity contribution in [1.82, 2.24) is 14.9 Å². The summed E-state index contributed by atoms with van der Waals surface area (Å²) in [5.74, 6) is 7.50. The van der Waals surface area contributed by atoms with E-state index < -0.39 is 0 Å². The molecule has 1 rings (SSSR count). The molecule has 0 saturated carbocycles. The molecule has 0 bridgehead atoms. The van der Waals surface area contributed by atoms with Crippen molar-refractivity contribution in [3.05, 3.63) is 5.82 Å². The lowest BCUT2D eigenvalue weighted by atomic mass is 9.96. The first-order chi connectivity index (χ1) is 7.32. The van der Waals surface area contributed by atoms with Gasteiger partial charge in [0.05, 0.1) is 0 Å². The van der Waals surface area contributed by atoms with Crippen molar-refractivity contribution in [2.24, 2.45) is 0 Å². The smallest absolute Gasteiger partial charge is 0.209 e. The molecule has 0 aromatic carbocycles. The van der Waals surface area contributed by atoms with Crippen molar-refractivity contribution in [2.75, 3.05) is 11.6 Å². The summed E-state index contributed by atoms with van der Waals surface area (Å²) >= 11 is 1.46. The molecule has 90 valence electrons. The van der Waals surface area contributed by atoms with Gasteiger partial charge in [0.1, 0.15) is 5.78 Å². The maximum absolute atomic E-state index is 10.8. The second-order valence-corrected chi connectivity index (χ2v) is 5.79. The van der Waals surface area contributed by atoms with Gasteiger partial charge in [-0.05, 0) is 6.92 Å². The number of aromatic nitrogens is 3. The Kier molecular flexibility index (Phi) is 3.96. The maximum Gasteiger partial charge on any atom is 0.209 e. The Morgan fingerprint density at radius 3 is 2.50 bits per heavy atom. The Balaban J connectivity index is 2.69. The quantitative estimate of drug-likeness (QED) is 0.637. The first-order valence-corrected chi connectivity index (χ1v) is 6.14. The second kappa shape index (κ2) is 4.86. The predicted molar refractivity (Wildman–Crippen MR) is 64.9 cm³/mol. The van der Waals surface area contributed by atoms with Crippen LogP contribution in [-0.4, -0.2) is 26.4 Å². The lowest BCUT2D eigenvalue weighted by molar-refractivity contribution is -0.116. The number of hydrogen-bond acceptors (Lipinski definition) is 5. The molecule has 0 amide bonds. The number of carbonyl (C=O) groups is 1. The molecule has 0 aliphatic heterocycles. The number of carbonyl (C=O) groups excluding carboxylic acids is 1. The minimum Gasteiger partial charge on any atom is -0.336 e. The van der Waals surface area contributed by atoms with Gasteiger partial charge >= 0.3 is 0 Å². The van der Waals surface area contributed by atoms with Crippen molar-refractivity contribution in [3.8, 4) is 0 Å². The molecule has 5 nitrogen and oxygen atoms in total. The summed E-state index contributed by atoms with van der Waals surface area (Å²) in [5, 5.41) is 8.74. The van der Waals surface area contributed by atoms with Crippen LogP contribution in [0, 0.1) is 0 Å². The predicted octanol–water partition coefficient (Wildman–Crippen LogP) is 1.36. The average Bonchev–Trinajstić information content (AvgIpc) is 2.46. The van der Waals surface area contributed by atoms with E-state index in [1.165, 1.54) is 16.4 Å². The molecular weight excluding hydrogens is 224 g/mol. The normalized spacial score (nSPS) is 11.8. The SMILES string of the molecule is CC(=O)CCSc1nnc(C(C)(C)C)n1N. The van der Waals surface area contributed by atoms with E-state index in [9.17, 15) is 4.79 Å². The molecule has 0 aliphatic rings. The first-order valence-electron chi connectivity index (χ1n) is 5.15. The van der Waals surface area contributed by atoms with Gasteiger partial charge in [-0.3, -0.25) is 4.79 Å². The molecule has 0 unspecified atom stereocenters. The maximum atomic E-state index is 10.8. The summed E-state index contributed by atoms with van der Waals surface area (Å²) in [6, 6.07) is 0. The second-order valence-electron chi connectivity index (χ2n) is 4.73. The molecule has 0 spiro atoms. The van der Waals surface area contributed by atoms with Crippen molar-refractivity contribution < 1.29 is 4.79 Å². The summed E-state index contributed by atoms with van der Waals surface area (Å²) < 4.78 is 1.50. The Bertz CT molecular complexity index is 381. The highest BCUT2D eigenvalue weighted by Gasteiger charge is 2.22. The van der Waals surface area contributed by atoms with Gasteiger partial charge in [-0.15, -0.1) is 10.2 Å². The number of nitrogens with two attached hydrogens (primary N) is 1. The van der Waals surface area contributed by atoms with Gasteiger partial charge in [0, 0.05) is 17.6 Å². The molecule has 0 radical (unpaired) electrons. The van der Waals surface area contributed by atoms with Gasteiger partial charge in [-0.2, -0.15) is 0 Å². The fourth-order valence-electron chi connectivity index (χ4n) is 1.17. The summed E-state index contributed by atoms with van der Waals surface area (Å²) in [4.78, 5) is 10.8. The molecule has 2 N–H and O–H groups in total. The fourth-order valence-corrected chi connectivity index (χ4v) is 2.07. The molecule has 1 aromatic rings. The Hall–Kier alpha value is -1.04. The van der Waals surface area contributed by atoms with Crippen molar-refractivity contribution in [3.63, 3.8) is 0 Å². The van der Waals surface area contributed by atoms with Crippen LogP contribution < -0.4 is 5.84 Å². The topological polar surface area (TPSA) is 73.8 Å². The van der Waals surface area contributed by atoms with Gasteiger partial charge in [0.2, 0.25) is 5.16 Å². The van der Waals surface area contributed by atoms with E-state index in [1.807, 2.05) is 20.8 Å². The van der Waals surface area contributed by atoms with E-state index in [2.05, 4.69) is 10.2 Å². The van der Waals surface area contributed by atoms with Crippen LogP contribution in [0.5, 0.6) is 0 Å². The van der Waals surface area contributed by atoms with Crippen LogP contribution in [0.15, 0.2) is 5.16 Å². The highest BCUT2D eigenvalue weighted by atomic mass is 32.2. The van der Waals surface area contributed by atoms with Crippen LogP contribution in [0.2, 0.25) is 0 Å². The van der Waals surface area contributed by atoms with Crippen LogP contribution >= 0.6 is 11.8 Å². The van der Waals surface area contributed by atoms with Crippen LogP contribution in [-0.2, 0) is 10.2 Å². The van der Waals surface area contributed by atoms with Crippen LogP contribution in [0.3, 0.4) is 0 Å². The van der Waals surface area contributed by atoms with Gasteiger partial charge in [-0.1, -0.05) is 32.5 Å². The highest BCUT2D eigenvalue weighted by Crippen LogP contribution is 2.23. The number of nitrogen functional groups attached to an aromatic ring is 1. The molecule has 1 aromatic heterocycles. The molecule has 0 fully saturated rings. The number of ketones is 1. The van der Waals surface area contributed by atoms with E-state index >= 15 is 0 Å². The third kappa shape index (κ3) is 3.23. The molecule has 0 saturated heterocycles. The molecule has 16 heavy (non-hydrogen) atoms. The van der Waals surface area contributed by atoms with Gasteiger partial charge in [-0.25, -0.2) is 4.68 Å². The van der Waals surface area contributed by atoms with E-state index in [-0.39, 0.29) is 11.2 Å². The van der Waals surface area contributed by atoms with Gasteiger partial charge < -0.3 is 5.84 Å². The summed E-state index contributed by atoms with van der Waals surface area (Å²) in [7, 11) is 0. The Morgan fingerprint density at radius 2 is 2.06 bits per heavy atom. The highest BCUT2D eigenvalue weighted by molar-refractivity contribution is 7.99. The Labute approximate surface area is 99.8 Å². The number of hydrogen-bond donors (Lipinski definition) is 1. The number of thioether (sulfide) groups is 1. The zero-order chi connectivity index (χ0) is 12.3. The van der Waals surface area contributed by atoms with E-state index in [1.54, 1.807) is 6.92 Å². The molecule has 6 heteroatoms. The average molecular weight is 242 g/mol. The Morgan fingerprint density at radius 1 is 1.44 bits per heavy atom. The number of Topliss-reactive ketones (excluding diaryl/α,β-unsaturated/α-hetero) is 1. The van der Waals surface area contributed by atoms with Gasteiger partial charge in [0.25, 0.3) is 0 Å². The van der Waals surface area contributed by atoms with Crippen molar-refractivity contribution in [1.29, 1.82) is 0 Å². The minimum absolute atomic E-state index is 0.124. The summed E-state index contributed by atoms with van der Waals surface area (Å²) in [6.45, 7) is 7.67. The van der Waals surface area contributed by atoms with E-state index in [4.69, 9.17) is 5.84 Å². The zero-order valence-corrected chi connectivity index (χ0v) is 11.0. The standard InChI is InChI=1S/C10H18N4OS/c1-7(15)5-6-16-9-13-12-8(14(9)11)10(2,3)4/h5-6,11H2,1-4H3. The van der Waals surface area contributed by atoms with Crippen LogP contribution in [0.4, 0.5) is 0 Å². The first kappa shape index (κ1) is 13.0. The van der Waals surface area contributed by atoms with Crippen LogP contribution in [0.25, 0.3) is 0 Å². The summed E-state index contributed by atoms with van der Waals surface area (Å²) in [6.07, 6.45) is 0.530. The van der Waals surface area contributed by atoms with Crippen molar-refractivity contribution in [2.45, 2.75) is 44.7 Å². The monoisotopic (exact) mass is 242 g/mol. The minimum atomic E-state index is -0.124. The molecule has 0 atom stereocenters. The fraction of sp³-hybridized carbons (Fsp3) is 0.700. The van der Waals surface area contributed by atoms with Crippen molar-refractivity contribution >= 4 is 17.5 Å². The zero-order valence-electron chi connectivity index (χ0n) is 10.1. The molecule has 1 heterocycles. The van der Waals surface area contributed by atoms with Crippen LogP contribution in [0.1, 0.15) is 39.9 Å². The molecule has 0 aliphatic carbocycles. The molecular formula is C10H18N4OS. The largest absolute Gasteiger partial charge is 0.336 e. The lowest BCUT2D eigenvalue weighted by Gasteiger charge is -2.16. The third-order valence-corrected chi connectivity index (χ3v) is 2.97. The van der Waals surface area contributed by atoms with E-state index in [0.29, 0.717) is 17.3 Å². The van der Waals surface area contributed by atoms with E-state index in [0.717, 1.165) is 5.82 Å². The number of rotatable bonds is 4. The third-order valence-electron chi connectivity index (χ3n) is 2.02. The summed E-state index contributed by atoms with van der Waals surface area (Å²) in [5.41, 5.74) is -0.124.